The molecule has 3 aromatic rings. The molecule has 0 bridgehead atoms. The number of benzene rings is 2. The quantitative estimate of drug-likeness (QED) is 0.545. The van der Waals surface area contributed by atoms with Crippen molar-refractivity contribution in [1.29, 1.82) is 0 Å². The predicted molar refractivity (Wildman–Crippen MR) is 124 cm³/mol. The SMILES string of the molecule is Cc1ccc(C2(C)NC(=O)N(CC(=O)N3CCc4[nH]c5c(Br)cccc5c4C3)C2=O)cc1. The lowest BCUT2D eigenvalue weighted by atomic mass is 9.91. The number of H-pyrrole nitrogens is 1. The van der Waals surface area contributed by atoms with E-state index in [2.05, 4.69) is 26.2 Å². The molecule has 1 aromatic heterocycles. The summed E-state index contributed by atoms with van der Waals surface area (Å²) in [6, 6.07) is 12.9. The molecule has 32 heavy (non-hydrogen) atoms. The van der Waals surface area contributed by atoms with Crippen molar-refractivity contribution >= 4 is 44.7 Å². The van der Waals surface area contributed by atoms with Gasteiger partial charge in [-0.2, -0.15) is 0 Å². The number of urea groups is 1. The van der Waals surface area contributed by atoms with Gasteiger partial charge < -0.3 is 15.2 Å². The van der Waals surface area contributed by atoms with Crippen LogP contribution in [-0.2, 0) is 28.1 Å². The topological polar surface area (TPSA) is 85.5 Å². The molecular weight excluding hydrogens is 472 g/mol. The van der Waals surface area contributed by atoms with Gasteiger partial charge in [0.1, 0.15) is 12.1 Å². The van der Waals surface area contributed by atoms with Crippen molar-refractivity contribution in [3.63, 3.8) is 0 Å². The van der Waals surface area contributed by atoms with Gasteiger partial charge in [0.25, 0.3) is 5.91 Å². The number of nitrogens with one attached hydrogen (secondary N) is 2. The van der Waals surface area contributed by atoms with Gasteiger partial charge in [0.05, 0.1) is 5.52 Å². The Labute approximate surface area is 193 Å². The second-order valence-electron chi connectivity index (χ2n) is 8.62. The molecule has 1 atom stereocenters. The first-order valence-electron chi connectivity index (χ1n) is 10.5. The molecule has 1 saturated heterocycles. The minimum absolute atomic E-state index is 0.239. The van der Waals surface area contributed by atoms with Gasteiger partial charge in [0, 0.05) is 40.6 Å². The summed E-state index contributed by atoms with van der Waals surface area (Å²) < 4.78 is 0.983. The second-order valence-corrected chi connectivity index (χ2v) is 9.48. The number of carbonyl (C=O) groups is 3. The molecule has 5 rings (SSSR count). The minimum Gasteiger partial charge on any atom is -0.357 e. The summed E-state index contributed by atoms with van der Waals surface area (Å²) >= 11 is 3.57. The molecule has 0 saturated carbocycles. The number of halogens is 1. The van der Waals surface area contributed by atoms with Gasteiger partial charge in [0.15, 0.2) is 0 Å². The normalized spacial score (nSPS) is 20.6. The Bertz CT molecular complexity index is 1270. The van der Waals surface area contributed by atoms with Crippen molar-refractivity contribution in [2.45, 2.75) is 32.4 Å². The molecule has 0 aliphatic carbocycles. The number of aromatic nitrogens is 1. The molecule has 7 nitrogen and oxygen atoms in total. The molecule has 2 aliphatic heterocycles. The first kappa shape index (κ1) is 20.8. The Morgan fingerprint density at radius 1 is 1.16 bits per heavy atom. The summed E-state index contributed by atoms with van der Waals surface area (Å²) in [5, 5.41) is 3.85. The van der Waals surface area contributed by atoms with Gasteiger partial charge in [0.2, 0.25) is 5.91 Å². The van der Waals surface area contributed by atoms with Crippen LogP contribution >= 0.6 is 15.9 Å². The van der Waals surface area contributed by atoms with Gasteiger partial charge in [-0.25, -0.2) is 4.79 Å². The number of carbonyl (C=O) groups excluding carboxylic acids is 3. The zero-order chi connectivity index (χ0) is 22.6. The van der Waals surface area contributed by atoms with Crippen LogP contribution in [0.5, 0.6) is 0 Å². The number of hydrogen-bond donors (Lipinski definition) is 2. The summed E-state index contributed by atoms with van der Waals surface area (Å²) in [6.07, 6.45) is 0.698. The maximum absolute atomic E-state index is 13.2. The highest BCUT2D eigenvalue weighted by molar-refractivity contribution is 9.10. The largest absolute Gasteiger partial charge is 0.357 e. The van der Waals surface area contributed by atoms with Gasteiger partial charge >= 0.3 is 6.03 Å². The smallest absolute Gasteiger partial charge is 0.325 e. The lowest BCUT2D eigenvalue weighted by molar-refractivity contribution is -0.139. The number of hydrogen-bond acceptors (Lipinski definition) is 3. The zero-order valence-electron chi connectivity index (χ0n) is 17.9. The summed E-state index contributed by atoms with van der Waals surface area (Å²) in [6.45, 7) is 4.36. The minimum atomic E-state index is -1.18. The molecule has 0 spiro atoms. The number of para-hydroxylation sites is 1. The number of rotatable bonds is 3. The zero-order valence-corrected chi connectivity index (χ0v) is 19.5. The van der Waals surface area contributed by atoms with E-state index in [1.807, 2.05) is 49.4 Å². The molecule has 2 aliphatic rings. The summed E-state index contributed by atoms with van der Waals surface area (Å²) in [5.74, 6) is -0.648. The highest BCUT2D eigenvalue weighted by Crippen LogP contribution is 2.32. The van der Waals surface area contributed by atoms with E-state index < -0.39 is 17.5 Å². The van der Waals surface area contributed by atoms with Crippen LogP contribution in [0.25, 0.3) is 10.9 Å². The maximum atomic E-state index is 13.2. The van der Waals surface area contributed by atoms with E-state index in [0.717, 1.165) is 37.1 Å². The second kappa shape index (κ2) is 7.48. The van der Waals surface area contributed by atoms with Crippen LogP contribution in [0.15, 0.2) is 46.9 Å². The van der Waals surface area contributed by atoms with Crippen molar-refractivity contribution in [1.82, 2.24) is 20.1 Å². The number of imide groups is 1. The third kappa shape index (κ3) is 3.21. The summed E-state index contributed by atoms with van der Waals surface area (Å²) in [5.41, 5.74) is 3.82. The molecular formula is C24H23BrN4O3. The highest BCUT2D eigenvalue weighted by atomic mass is 79.9. The molecule has 8 heteroatoms. The Balaban J connectivity index is 1.35. The summed E-state index contributed by atoms with van der Waals surface area (Å²) in [7, 11) is 0. The highest BCUT2D eigenvalue weighted by Gasteiger charge is 2.49. The first-order valence-corrected chi connectivity index (χ1v) is 11.3. The Kier molecular flexibility index (Phi) is 4.85. The van der Waals surface area contributed by atoms with Gasteiger partial charge in [-0.1, -0.05) is 42.0 Å². The number of aryl methyl sites for hydroxylation is 1. The third-order valence-electron chi connectivity index (χ3n) is 6.51. The maximum Gasteiger partial charge on any atom is 0.325 e. The van der Waals surface area contributed by atoms with Gasteiger partial charge in [-0.05, 0) is 41.4 Å². The molecule has 1 unspecified atom stereocenters. The van der Waals surface area contributed by atoms with Crippen LogP contribution in [0.4, 0.5) is 4.79 Å². The Morgan fingerprint density at radius 2 is 1.91 bits per heavy atom. The van der Waals surface area contributed by atoms with E-state index in [1.54, 1.807) is 11.8 Å². The van der Waals surface area contributed by atoms with E-state index in [9.17, 15) is 14.4 Å². The van der Waals surface area contributed by atoms with Crippen LogP contribution in [0.1, 0.15) is 29.3 Å². The standard InChI is InChI=1S/C24H23BrN4O3/c1-14-6-8-15(9-7-14)24(2)22(31)29(23(32)27-24)13-20(30)28-11-10-19-17(12-28)16-4-3-5-18(25)21(16)26-19/h3-9,26H,10-13H2,1-2H3,(H,27,32). The molecule has 2 aromatic carbocycles. The molecule has 1 fully saturated rings. The van der Waals surface area contributed by atoms with Crippen LogP contribution < -0.4 is 5.32 Å². The van der Waals surface area contributed by atoms with Crippen molar-refractivity contribution in [3.8, 4) is 0 Å². The lowest BCUT2D eigenvalue weighted by Crippen LogP contribution is -2.45. The number of amides is 4. The van der Waals surface area contributed by atoms with Crippen molar-refractivity contribution in [2.24, 2.45) is 0 Å². The van der Waals surface area contributed by atoms with Crippen LogP contribution in [0, 0.1) is 6.92 Å². The van der Waals surface area contributed by atoms with Crippen LogP contribution in [0.2, 0.25) is 0 Å². The van der Waals surface area contributed by atoms with Gasteiger partial charge in [-0.3, -0.25) is 14.5 Å². The van der Waals surface area contributed by atoms with E-state index in [0.29, 0.717) is 25.1 Å². The number of fused-ring (bicyclic) bond motifs is 3. The van der Waals surface area contributed by atoms with Gasteiger partial charge in [-0.15, -0.1) is 0 Å². The van der Waals surface area contributed by atoms with Crippen molar-refractivity contribution < 1.29 is 14.4 Å². The van der Waals surface area contributed by atoms with Crippen molar-refractivity contribution in [3.05, 3.63) is 69.3 Å². The average molecular weight is 495 g/mol. The van der Waals surface area contributed by atoms with Crippen LogP contribution in [-0.4, -0.2) is 45.7 Å². The molecule has 0 radical (unpaired) electrons. The lowest BCUT2D eigenvalue weighted by Gasteiger charge is -2.29. The first-order chi connectivity index (χ1) is 15.3. The fraction of sp³-hybridized carbons (Fsp3) is 0.292. The fourth-order valence-corrected chi connectivity index (χ4v) is 5.04. The van der Waals surface area contributed by atoms with E-state index in [1.165, 1.54) is 0 Å². The Hall–Kier alpha value is -3.13. The van der Waals surface area contributed by atoms with E-state index in [4.69, 9.17) is 0 Å². The fourth-order valence-electron chi connectivity index (χ4n) is 4.57. The summed E-state index contributed by atoms with van der Waals surface area (Å²) in [4.78, 5) is 45.1. The predicted octanol–water partition coefficient (Wildman–Crippen LogP) is 3.59. The van der Waals surface area contributed by atoms with Crippen LogP contribution in [0.3, 0.4) is 0 Å². The van der Waals surface area contributed by atoms with Crippen molar-refractivity contribution in [2.75, 3.05) is 13.1 Å². The Morgan fingerprint density at radius 3 is 2.66 bits per heavy atom. The molecule has 2 N–H and O–H groups in total. The van der Waals surface area contributed by atoms with E-state index >= 15 is 0 Å². The molecule has 4 amide bonds. The third-order valence-corrected chi connectivity index (χ3v) is 7.17. The number of nitrogens with zero attached hydrogens (tertiary/aromatic N) is 2. The molecule has 164 valence electrons. The monoisotopic (exact) mass is 494 g/mol. The average Bonchev–Trinajstić information content (AvgIpc) is 3.25. The van der Waals surface area contributed by atoms with E-state index in [-0.39, 0.29) is 12.5 Å². The number of aromatic amines is 1. The molecule has 3 heterocycles.